The average molecular weight is 420 g/mol. The molecule has 1 aliphatic heterocycles. The molecule has 1 aliphatic carbocycles. The molecule has 0 spiro atoms. The number of benzene rings is 1. The molecule has 2 atom stereocenters. The number of likely N-dealkylation sites (tertiary alicyclic amines) is 1. The van der Waals surface area contributed by atoms with Crippen LogP contribution in [-0.4, -0.2) is 54.5 Å². The van der Waals surface area contributed by atoms with Crippen LogP contribution < -0.4 is 16.1 Å². The number of hydrazone groups is 1. The van der Waals surface area contributed by atoms with Crippen molar-refractivity contribution in [3.05, 3.63) is 29.3 Å². The van der Waals surface area contributed by atoms with Gasteiger partial charge in [-0.25, -0.2) is 0 Å². The number of nitrogens with zero attached hydrogens (tertiary/aromatic N) is 2. The van der Waals surface area contributed by atoms with Gasteiger partial charge in [0.05, 0.1) is 5.69 Å². The van der Waals surface area contributed by atoms with Crippen LogP contribution >= 0.6 is 11.6 Å². The largest absolute Gasteiger partial charge is 0.359 e. The lowest BCUT2D eigenvalue weighted by Gasteiger charge is -2.35. The third-order valence-electron chi connectivity index (χ3n) is 5.53. The van der Waals surface area contributed by atoms with E-state index < -0.39 is 17.9 Å². The number of amides is 3. The highest BCUT2D eigenvalue weighted by Gasteiger charge is 2.54. The monoisotopic (exact) mass is 419 g/mol. The lowest BCUT2D eigenvalue weighted by atomic mass is 9.92. The smallest absolute Gasteiger partial charge is 0.271 e. The topological polar surface area (TPSA) is 103 Å². The Labute approximate surface area is 175 Å². The Morgan fingerprint density at radius 2 is 1.66 bits per heavy atom. The molecule has 1 saturated heterocycles. The molecule has 1 aromatic rings. The summed E-state index contributed by atoms with van der Waals surface area (Å²) in [5.74, 6) is -2.15. The molecule has 1 saturated carbocycles. The van der Waals surface area contributed by atoms with Crippen LogP contribution in [0.5, 0.6) is 0 Å². The van der Waals surface area contributed by atoms with Crippen LogP contribution in [0.3, 0.4) is 0 Å². The van der Waals surface area contributed by atoms with Gasteiger partial charge in [0, 0.05) is 25.2 Å². The molecule has 0 radical (unpaired) electrons. The molecule has 3 amide bonds. The van der Waals surface area contributed by atoms with Gasteiger partial charge in [0.2, 0.25) is 11.8 Å². The second-order valence-corrected chi connectivity index (χ2v) is 7.71. The van der Waals surface area contributed by atoms with Gasteiger partial charge in [-0.05, 0) is 37.1 Å². The van der Waals surface area contributed by atoms with Crippen molar-refractivity contribution in [2.75, 3.05) is 19.5 Å². The number of hydrogen-bond donors (Lipinski definition) is 3. The van der Waals surface area contributed by atoms with Crippen LogP contribution in [-0.2, 0) is 14.4 Å². The number of likely N-dealkylation sites (N-methyl/N-ethyl adjacent to an activating group) is 1. The minimum atomic E-state index is -0.992. The van der Waals surface area contributed by atoms with Crippen LogP contribution in [0.1, 0.15) is 32.1 Å². The standard InChI is InChI=1S/C20H26ClN5O3/c1-22-18(27)15-16(25-24-13-10-8-12(21)9-11-13)20(29)26(17(15)19(28)23-2)14-6-4-3-5-7-14/h8-11,14-15,17,24H,3-7H2,1-2H3,(H,22,27)(H,23,28)/b25-16+/t15-,17-/m1/s1. The molecular formula is C20H26ClN5O3. The predicted molar refractivity (Wildman–Crippen MR) is 112 cm³/mol. The van der Waals surface area contributed by atoms with E-state index in [9.17, 15) is 14.4 Å². The summed E-state index contributed by atoms with van der Waals surface area (Å²) in [6, 6.07) is 5.83. The molecule has 3 N–H and O–H groups in total. The molecule has 0 aromatic heterocycles. The van der Waals surface area contributed by atoms with Crippen molar-refractivity contribution in [2.45, 2.75) is 44.2 Å². The first kappa shape index (κ1) is 21.1. The zero-order valence-electron chi connectivity index (χ0n) is 16.6. The Kier molecular flexibility index (Phi) is 6.74. The van der Waals surface area contributed by atoms with Crippen molar-refractivity contribution in [2.24, 2.45) is 11.0 Å². The Bertz CT molecular complexity index is 805. The number of halogens is 1. The molecule has 0 bridgehead atoms. The lowest BCUT2D eigenvalue weighted by Crippen LogP contribution is -2.53. The summed E-state index contributed by atoms with van der Waals surface area (Å²) in [6.07, 6.45) is 4.74. The number of carbonyl (C=O) groups is 3. The van der Waals surface area contributed by atoms with E-state index in [4.69, 9.17) is 11.6 Å². The molecule has 1 heterocycles. The fourth-order valence-electron chi connectivity index (χ4n) is 4.07. The fourth-order valence-corrected chi connectivity index (χ4v) is 4.20. The summed E-state index contributed by atoms with van der Waals surface area (Å²) in [4.78, 5) is 40.3. The Hall–Kier alpha value is -2.61. The second kappa shape index (κ2) is 9.26. The lowest BCUT2D eigenvalue weighted by molar-refractivity contribution is -0.139. The van der Waals surface area contributed by atoms with E-state index in [2.05, 4.69) is 21.2 Å². The summed E-state index contributed by atoms with van der Waals surface area (Å²) in [6.45, 7) is 0. The summed E-state index contributed by atoms with van der Waals surface area (Å²) in [7, 11) is 3.00. The molecule has 156 valence electrons. The highest BCUT2D eigenvalue weighted by molar-refractivity contribution is 6.46. The Morgan fingerprint density at radius 3 is 2.24 bits per heavy atom. The SMILES string of the molecule is CNC(=O)[C@@H]1/C(=N\Nc2ccc(Cl)cc2)C(=O)N(C2CCCCC2)[C@H]1C(=O)NC. The predicted octanol–water partition coefficient (Wildman–Crippen LogP) is 1.76. The minimum Gasteiger partial charge on any atom is -0.359 e. The van der Waals surface area contributed by atoms with E-state index in [0.717, 1.165) is 32.1 Å². The quantitative estimate of drug-likeness (QED) is 0.632. The van der Waals surface area contributed by atoms with Gasteiger partial charge in [-0.1, -0.05) is 30.9 Å². The molecule has 0 unspecified atom stereocenters. The van der Waals surface area contributed by atoms with Gasteiger partial charge in [-0.15, -0.1) is 0 Å². The molecule has 29 heavy (non-hydrogen) atoms. The number of anilines is 1. The summed E-state index contributed by atoms with van der Waals surface area (Å²) < 4.78 is 0. The van der Waals surface area contributed by atoms with Crippen LogP contribution in [0.15, 0.2) is 29.4 Å². The van der Waals surface area contributed by atoms with Gasteiger partial charge in [0.15, 0.2) is 0 Å². The summed E-state index contributed by atoms with van der Waals surface area (Å²) in [5, 5.41) is 10.0. The summed E-state index contributed by atoms with van der Waals surface area (Å²) >= 11 is 5.90. The molecule has 3 rings (SSSR count). The Balaban J connectivity index is 1.98. The normalized spacial score (nSPS) is 23.9. The van der Waals surface area contributed by atoms with Crippen molar-refractivity contribution in [1.29, 1.82) is 0 Å². The molecule has 2 fully saturated rings. The average Bonchev–Trinajstić information content (AvgIpc) is 3.05. The van der Waals surface area contributed by atoms with Crippen LogP contribution in [0, 0.1) is 5.92 Å². The maximum Gasteiger partial charge on any atom is 0.271 e. The maximum absolute atomic E-state index is 13.3. The van der Waals surface area contributed by atoms with Gasteiger partial charge in [-0.3, -0.25) is 19.8 Å². The van der Waals surface area contributed by atoms with Crippen LogP contribution in [0.25, 0.3) is 0 Å². The third kappa shape index (κ3) is 4.37. The van der Waals surface area contributed by atoms with E-state index in [1.165, 1.54) is 14.1 Å². The third-order valence-corrected chi connectivity index (χ3v) is 5.78. The van der Waals surface area contributed by atoms with Crippen molar-refractivity contribution in [1.82, 2.24) is 15.5 Å². The first-order chi connectivity index (χ1) is 14.0. The highest BCUT2D eigenvalue weighted by atomic mass is 35.5. The van der Waals surface area contributed by atoms with Crippen molar-refractivity contribution < 1.29 is 14.4 Å². The van der Waals surface area contributed by atoms with Gasteiger partial charge >= 0.3 is 0 Å². The van der Waals surface area contributed by atoms with Gasteiger partial charge in [0.1, 0.15) is 17.7 Å². The molecule has 9 heteroatoms. The zero-order valence-corrected chi connectivity index (χ0v) is 17.3. The highest BCUT2D eigenvalue weighted by Crippen LogP contribution is 2.33. The molecule has 1 aromatic carbocycles. The van der Waals surface area contributed by atoms with E-state index in [1.807, 2.05) is 0 Å². The van der Waals surface area contributed by atoms with E-state index in [0.29, 0.717) is 10.7 Å². The Morgan fingerprint density at radius 1 is 1.03 bits per heavy atom. The minimum absolute atomic E-state index is 0.0403. The number of hydrogen-bond acceptors (Lipinski definition) is 5. The fraction of sp³-hybridized carbons (Fsp3) is 0.500. The van der Waals surface area contributed by atoms with Gasteiger partial charge in [-0.2, -0.15) is 5.10 Å². The molecule has 8 nitrogen and oxygen atoms in total. The summed E-state index contributed by atoms with van der Waals surface area (Å²) in [5.41, 5.74) is 3.49. The van der Waals surface area contributed by atoms with Crippen molar-refractivity contribution >= 4 is 40.7 Å². The molecular weight excluding hydrogens is 394 g/mol. The maximum atomic E-state index is 13.3. The van der Waals surface area contributed by atoms with Crippen LogP contribution in [0.4, 0.5) is 5.69 Å². The zero-order chi connectivity index (χ0) is 21.0. The first-order valence-corrected chi connectivity index (χ1v) is 10.2. The van der Waals surface area contributed by atoms with E-state index in [-0.39, 0.29) is 23.6 Å². The van der Waals surface area contributed by atoms with Gasteiger partial charge in [0.25, 0.3) is 5.91 Å². The van der Waals surface area contributed by atoms with Crippen molar-refractivity contribution in [3.63, 3.8) is 0 Å². The van der Waals surface area contributed by atoms with Crippen molar-refractivity contribution in [3.8, 4) is 0 Å². The number of carbonyl (C=O) groups excluding carboxylic acids is 3. The van der Waals surface area contributed by atoms with Crippen LogP contribution in [0.2, 0.25) is 5.02 Å². The number of nitrogens with one attached hydrogen (secondary N) is 3. The first-order valence-electron chi connectivity index (χ1n) is 9.83. The molecule has 2 aliphatic rings. The van der Waals surface area contributed by atoms with Gasteiger partial charge < -0.3 is 15.5 Å². The van der Waals surface area contributed by atoms with E-state index in [1.54, 1.807) is 29.2 Å². The van der Waals surface area contributed by atoms with E-state index >= 15 is 0 Å². The second-order valence-electron chi connectivity index (χ2n) is 7.27. The number of rotatable bonds is 5.